The molecule has 0 fully saturated rings. The predicted molar refractivity (Wildman–Crippen MR) is 74.4 cm³/mol. The third-order valence-corrected chi connectivity index (χ3v) is 4.50. The van der Waals surface area contributed by atoms with Gasteiger partial charge in [-0.15, -0.1) is 11.3 Å². The Morgan fingerprint density at radius 2 is 2.33 bits per heavy atom. The number of aryl methyl sites for hydroxylation is 2. The maximum absolute atomic E-state index is 5.16. The summed E-state index contributed by atoms with van der Waals surface area (Å²) in [6.07, 6.45) is 5.27. The molecule has 3 rings (SSSR count). The van der Waals surface area contributed by atoms with Gasteiger partial charge in [-0.2, -0.15) is 0 Å². The van der Waals surface area contributed by atoms with E-state index >= 15 is 0 Å². The highest BCUT2D eigenvalue weighted by atomic mass is 32.1. The molecule has 0 amide bonds. The Morgan fingerprint density at radius 3 is 3.17 bits per heavy atom. The molecule has 1 atom stereocenters. The van der Waals surface area contributed by atoms with Crippen molar-refractivity contribution < 1.29 is 4.74 Å². The summed E-state index contributed by atoms with van der Waals surface area (Å²) >= 11 is 1.82. The van der Waals surface area contributed by atoms with Crippen LogP contribution in [-0.4, -0.2) is 29.7 Å². The van der Waals surface area contributed by atoms with Crippen molar-refractivity contribution in [1.82, 2.24) is 9.97 Å². The molecule has 0 aliphatic heterocycles. The number of hydrogen-bond donors (Lipinski definition) is 1. The molecular formula is C13H17N3OS. The number of fused-ring (bicyclic) bond motifs is 3. The highest BCUT2D eigenvalue weighted by molar-refractivity contribution is 7.19. The van der Waals surface area contributed by atoms with Crippen LogP contribution in [0.1, 0.15) is 23.8 Å². The Bertz CT molecular complexity index is 567. The average molecular weight is 263 g/mol. The molecule has 2 aromatic rings. The second-order valence-corrected chi connectivity index (χ2v) is 5.84. The Morgan fingerprint density at radius 1 is 1.44 bits per heavy atom. The van der Waals surface area contributed by atoms with Gasteiger partial charge in [0.05, 0.1) is 12.0 Å². The van der Waals surface area contributed by atoms with Crippen molar-refractivity contribution in [2.24, 2.45) is 0 Å². The average Bonchev–Trinajstić information content (AvgIpc) is 2.89. The molecular weight excluding hydrogens is 246 g/mol. The van der Waals surface area contributed by atoms with E-state index in [4.69, 9.17) is 4.74 Å². The first-order valence-electron chi connectivity index (χ1n) is 6.30. The van der Waals surface area contributed by atoms with E-state index in [-0.39, 0.29) is 6.04 Å². The zero-order valence-corrected chi connectivity index (χ0v) is 11.5. The number of nitrogens with zero attached hydrogens (tertiary/aromatic N) is 2. The van der Waals surface area contributed by atoms with Gasteiger partial charge in [0.1, 0.15) is 17.0 Å². The quantitative estimate of drug-likeness (QED) is 0.921. The number of thiophene rings is 1. The molecule has 5 heteroatoms. The molecule has 1 aliphatic rings. The van der Waals surface area contributed by atoms with E-state index in [2.05, 4.69) is 22.2 Å². The Balaban J connectivity index is 2.01. The summed E-state index contributed by atoms with van der Waals surface area (Å²) in [6, 6.07) is 0.255. The van der Waals surface area contributed by atoms with Gasteiger partial charge in [0.25, 0.3) is 0 Å². The van der Waals surface area contributed by atoms with E-state index < -0.39 is 0 Å². The van der Waals surface area contributed by atoms with Crippen molar-refractivity contribution in [2.45, 2.75) is 32.2 Å². The van der Waals surface area contributed by atoms with Crippen LogP contribution in [0.15, 0.2) is 6.33 Å². The van der Waals surface area contributed by atoms with Gasteiger partial charge in [0, 0.05) is 18.0 Å². The van der Waals surface area contributed by atoms with Gasteiger partial charge >= 0.3 is 0 Å². The minimum Gasteiger partial charge on any atom is -0.383 e. The lowest BCUT2D eigenvalue weighted by Crippen LogP contribution is -2.21. The minimum atomic E-state index is 0.255. The summed E-state index contributed by atoms with van der Waals surface area (Å²) in [5.74, 6) is 0.962. The summed E-state index contributed by atoms with van der Waals surface area (Å²) in [7, 11) is 1.72. The monoisotopic (exact) mass is 263 g/mol. The van der Waals surface area contributed by atoms with Gasteiger partial charge < -0.3 is 10.1 Å². The SMILES string of the molecule is COCC(C)Nc1ncnc2sc3c(c12)CCC3. The predicted octanol–water partition coefficient (Wildman–Crippen LogP) is 2.63. The zero-order chi connectivity index (χ0) is 12.5. The van der Waals surface area contributed by atoms with Crippen LogP contribution in [0.25, 0.3) is 10.2 Å². The molecule has 1 unspecified atom stereocenters. The number of anilines is 1. The van der Waals surface area contributed by atoms with Crippen LogP contribution < -0.4 is 5.32 Å². The smallest absolute Gasteiger partial charge is 0.138 e. The fourth-order valence-corrected chi connectivity index (χ4v) is 3.79. The number of ether oxygens (including phenoxy) is 1. The first kappa shape index (κ1) is 11.9. The van der Waals surface area contributed by atoms with Gasteiger partial charge in [-0.05, 0) is 31.7 Å². The summed E-state index contributed by atoms with van der Waals surface area (Å²) in [4.78, 5) is 11.4. The normalized spacial score (nSPS) is 15.9. The second-order valence-electron chi connectivity index (χ2n) is 4.76. The van der Waals surface area contributed by atoms with E-state index in [1.54, 1.807) is 13.4 Å². The van der Waals surface area contributed by atoms with Gasteiger partial charge in [-0.25, -0.2) is 9.97 Å². The van der Waals surface area contributed by atoms with Crippen LogP contribution in [0.3, 0.4) is 0 Å². The number of methoxy groups -OCH3 is 1. The molecule has 2 heterocycles. The third-order valence-electron chi connectivity index (χ3n) is 3.30. The molecule has 96 valence electrons. The third kappa shape index (κ3) is 1.97. The number of nitrogens with one attached hydrogen (secondary N) is 1. The standard InChI is InChI=1S/C13H17N3OS/c1-8(6-17-2)16-12-11-9-4-3-5-10(9)18-13(11)15-7-14-12/h7-8H,3-6H2,1-2H3,(H,14,15,16). The summed E-state index contributed by atoms with van der Waals surface area (Å²) in [5.41, 5.74) is 1.46. The lowest BCUT2D eigenvalue weighted by Gasteiger charge is -2.14. The van der Waals surface area contributed by atoms with Crippen molar-refractivity contribution in [3.63, 3.8) is 0 Å². The zero-order valence-electron chi connectivity index (χ0n) is 10.7. The van der Waals surface area contributed by atoms with E-state index in [9.17, 15) is 0 Å². The summed E-state index contributed by atoms with van der Waals surface area (Å²) in [6.45, 7) is 2.78. The highest BCUT2D eigenvalue weighted by Crippen LogP contribution is 2.39. The van der Waals surface area contributed by atoms with Gasteiger partial charge in [-0.1, -0.05) is 0 Å². The van der Waals surface area contributed by atoms with E-state index in [1.807, 2.05) is 11.3 Å². The lowest BCUT2D eigenvalue weighted by atomic mass is 10.2. The first-order valence-corrected chi connectivity index (χ1v) is 7.12. The van der Waals surface area contributed by atoms with Crippen LogP contribution in [0.5, 0.6) is 0 Å². The molecule has 1 aliphatic carbocycles. The molecule has 0 radical (unpaired) electrons. The molecule has 4 nitrogen and oxygen atoms in total. The summed E-state index contributed by atoms with van der Waals surface area (Å²) < 4.78 is 5.16. The topological polar surface area (TPSA) is 47.0 Å². The van der Waals surface area contributed by atoms with E-state index in [0.29, 0.717) is 6.61 Å². The highest BCUT2D eigenvalue weighted by Gasteiger charge is 2.21. The fraction of sp³-hybridized carbons (Fsp3) is 0.538. The number of rotatable bonds is 4. The molecule has 0 aromatic carbocycles. The second kappa shape index (κ2) is 4.82. The molecule has 0 saturated carbocycles. The maximum atomic E-state index is 5.16. The Hall–Kier alpha value is -1.20. The molecule has 2 aromatic heterocycles. The van der Waals surface area contributed by atoms with Crippen LogP contribution in [0, 0.1) is 0 Å². The van der Waals surface area contributed by atoms with Crippen LogP contribution in [0.4, 0.5) is 5.82 Å². The lowest BCUT2D eigenvalue weighted by molar-refractivity contribution is 0.190. The van der Waals surface area contributed by atoms with Gasteiger partial charge in [0.15, 0.2) is 0 Å². The number of aromatic nitrogens is 2. The minimum absolute atomic E-state index is 0.255. The van der Waals surface area contributed by atoms with E-state index in [1.165, 1.54) is 28.7 Å². The molecule has 0 spiro atoms. The van der Waals surface area contributed by atoms with Crippen molar-refractivity contribution in [1.29, 1.82) is 0 Å². The van der Waals surface area contributed by atoms with Crippen molar-refractivity contribution in [3.05, 3.63) is 16.8 Å². The Labute approximate surface area is 110 Å². The van der Waals surface area contributed by atoms with Crippen molar-refractivity contribution >= 4 is 27.4 Å². The molecule has 18 heavy (non-hydrogen) atoms. The number of hydrogen-bond acceptors (Lipinski definition) is 5. The Kier molecular flexibility index (Phi) is 3.18. The molecule has 1 N–H and O–H groups in total. The van der Waals surface area contributed by atoms with Gasteiger partial charge in [0.2, 0.25) is 0 Å². The van der Waals surface area contributed by atoms with Crippen molar-refractivity contribution in [2.75, 3.05) is 19.0 Å². The fourth-order valence-electron chi connectivity index (χ4n) is 2.56. The molecule has 0 bridgehead atoms. The van der Waals surface area contributed by atoms with E-state index in [0.717, 1.165) is 17.1 Å². The van der Waals surface area contributed by atoms with Gasteiger partial charge in [-0.3, -0.25) is 0 Å². The van der Waals surface area contributed by atoms with Crippen molar-refractivity contribution in [3.8, 4) is 0 Å². The summed E-state index contributed by atoms with van der Waals surface area (Å²) in [5, 5.41) is 4.67. The van der Waals surface area contributed by atoms with Crippen LogP contribution >= 0.6 is 11.3 Å². The van der Waals surface area contributed by atoms with Crippen LogP contribution in [0.2, 0.25) is 0 Å². The first-order chi connectivity index (χ1) is 8.79. The largest absolute Gasteiger partial charge is 0.383 e. The maximum Gasteiger partial charge on any atom is 0.138 e. The van der Waals surface area contributed by atoms with Crippen LogP contribution in [-0.2, 0) is 17.6 Å². The molecule has 0 saturated heterocycles.